The van der Waals surface area contributed by atoms with Crippen LogP contribution in [0, 0.1) is 6.92 Å². The summed E-state index contributed by atoms with van der Waals surface area (Å²) < 4.78 is 13.5. The second-order valence-electron chi connectivity index (χ2n) is 7.19. The zero-order valence-electron chi connectivity index (χ0n) is 15.7. The lowest BCUT2D eigenvalue weighted by Crippen LogP contribution is -2.26. The number of rotatable bonds is 6. The molecule has 142 valence electrons. The number of imidazole rings is 1. The van der Waals surface area contributed by atoms with Gasteiger partial charge in [-0.15, -0.1) is 0 Å². The first-order valence-corrected chi connectivity index (χ1v) is 9.62. The van der Waals surface area contributed by atoms with Crippen molar-refractivity contribution < 1.29 is 14.6 Å². The van der Waals surface area contributed by atoms with E-state index < -0.39 is 6.10 Å². The molecule has 27 heavy (non-hydrogen) atoms. The lowest BCUT2D eigenvalue weighted by atomic mass is 9.99. The number of hydrogen-bond donors (Lipinski definition) is 1. The highest BCUT2D eigenvalue weighted by Crippen LogP contribution is 2.29. The van der Waals surface area contributed by atoms with Crippen molar-refractivity contribution in [3.8, 4) is 5.75 Å². The van der Waals surface area contributed by atoms with E-state index in [0.29, 0.717) is 12.5 Å². The predicted molar refractivity (Wildman–Crippen MR) is 105 cm³/mol. The molecule has 0 radical (unpaired) electrons. The number of benzene rings is 2. The third-order valence-corrected chi connectivity index (χ3v) is 5.19. The molecule has 5 nitrogen and oxygen atoms in total. The van der Waals surface area contributed by atoms with Gasteiger partial charge in [-0.25, -0.2) is 4.98 Å². The van der Waals surface area contributed by atoms with E-state index in [1.54, 1.807) is 0 Å². The van der Waals surface area contributed by atoms with Crippen LogP contribution in [-0.2, 0) is 11.3 Å². The summed E-state index contributed by atoms with van der Waals surface area (Å²) >= 11 is 0. The molecule has 0 spiro atoms. The number of para-hydroxylation sites is 3. The monoisotopic (exact) mass is 366 g/mol. The van der Waals surface area contributed by atoms with Crippen molar-refractivity contribution >= 4 is 11.0 Å². The molecule has 5 heteroatoms. The van der Waals surface area contributed by atoms with Crippen molar-refractivity contribution in [2.75, 3.05) is 19.8 Å². The Hall–Kier alpha value is -2.37. The summed E-state index contributed by atoms with van der Waals surface area (Å²) in [5.74, 6) is 2.24. The Bertz CT molecular complexity index is 899. The maximum absolute atomic E-state index is 10.7. The number of aliphatic hydroxyl groups excluding tert-OH is 1. The summed E-state index contributed by atoms with van der Waals surface area (Å²) in [4.78, 5) is 4.88. The lowest BCUT2D eigenvalue weighted by Gasteiger charge is -2.24. The first-order chi connectivity index (χ1) is 13.2. The minimum Gasteiger partial charge on any atom is -0.491 e. The second-order valence-corrected chi connectivity index (χ2v) is 7.19. The standard InChI is InChI=1S/C22H26N2O3/c1-16-6-2-5-9-21(16)27-15-18(25)14-24-20-8-4-3-7-19(20)23-22(24)17-10-12-26-13-11-17/h2-9,17-18,25H,10-15H2,1H3. The fourth-order valence-corrected chi connectivity index (χ4v) is 3.72. The molecule has 1 aliphatic rings. The molecule has 1 saturated heterocycles. The average Bonchev–Trinajstić information content (AvgIpc) is 3.06. The summed E-state index contributed by atoms with van der Waals surface area (Å²) in [6.07, 6.45) is 1.33. The van der Waals surface area contributed by atoms with Crippen LogP contribution < -0.4 is 4.74 Å². The first-order valence-electron chi connectivity index (χ1n) is 9.62. The Kier molecular flexibility index (Phi) is 5.41. The van der Waals surface area contributed by atoms with Gasteiger partial charge in [-0.3, -0.25) is 0 Å². The molecule has 0 aliphatic carbocycles. The molecule has 1 aromatic heterocycles. The van der Waals surface area contributed by atoms with Gasteiger partial charge in [0.15, 0.2) is 0 Å². The van der Waals surface area contributed by atoms with E-state index in [-0.39, 0.29) is 6.61 Å². The third-order valence-electron chi connectivity index (χ3n) is 5.19. The zero-order valence-corrected chi connectivity index (χ0v) is 15.7. The third kappa shape index (κ3) is 3.99. The number of aliphatic hydroxyl groups is 1. The molecule has 0 saturated carbocycles. The molecule has 1 aliphatic heterocycles. The molecule has 2 heterocycles. The molecular weight excluding hydrogens is 340 g/mol. The molecule has 2 aromatic carbocycles. The first kappa shape index (κ1) is 18.0. The van der Waals surface area contributed by atoms with Gasteiger partial charge >= 0.3 is 0 Å². The van der Waals surface area contributed by atoms with Crippen LogP contribution in [0.4, 0.5) is 0 Å². The van der Waals surface area contributed by atoms with Gasteiger partial charge in [0.05, 0.1) is 17.6 Å². The van der Waals surface area contributed by atoms with Gasteiger partial charge in [-0.05, 0) is 43.5 Å². The highest BCUT2D eigenvalue weighted by atomic mass is 16.5. The molecule has 3 aromatic rings. The number of aryl methyl sites for hydroxylation is 1. The minimum atomic E-state index is -0.610. The fourth-order valence-electron chi connectivity index (χ4n) is 3.72. The molecule has 1 fully saturated rings. The summed E-state index contributed by atoms with van der Waals surface area (Å²) in [6, 6.07) is 16.0. The highest BCUT2D eigenvalue weighted by Gasteiger charge is 2.24. The van der Waals surface area contributed by atoms with Crippen molar-refractivity contribution in [3.63, 3.8) is 0 Å². The maximum atomic E-state index is 10.7. The zero-order chi connectivity index (χ0) is 18.6. The molecule has 0 amide bonds. The molecule has 4 rings (SSSR count). The Morgan fingerprint density at radius 1 is 1.15 bits per heavy atom. The predicted octanol–water partition coefficient (Wildman–Crippen LogP) is 3.68. The van der Waals surface area contributed by atoms with Crippen molar-refractivity contribution in [1.29, 1.82) is 0 Å². The quantitative estimate of drug-likeness (QED) is 0.723. The number of ether oxygens (including phenoxy) is 2. The van der Waals surface area contributed by atoms with E-state index >= 15 is 0 Å². The number of fused-ring (bicyclic) bond motifs is 1. The number of nitrogens with zero attached hydrogens (tertiary/aromatic N) is 2. The normalized spacial score (nSPS) is 16.5. The van der Waals surface area contributed by atoms with Crippen LogP contribution in [0.5, 0.6) is 5.75 Å². The summed E-state index contributed by atoms with van der Waals surface area (Å²) in [6.45, 7) is 4.28. The van der Waals surface area contributed by atoms with Gasteiger partial charge in [0, 0.05) is 19.1 Å². The summed E-state index contributed by atoms with van der Waals surface area (Å²) in [5.41, 5.74) is 3.11. The molecule has 1 unspecified atom stereocenters. The van der Waals surface area contributed by atoms with Gasteiger partial charge in [-0.2, -0.15) is 0 Å². The molecule has 1 atom stereocenters. The van der Waals surface area contributed by atoms with Gasteiger partial charge in [0.25, 0.3) is 0 Å². The fraction of sp³-hybridized carbons (Fsp3) is 0.409. The number of hydrogen-bond acceptors (Lipinski definition) is 4. The minimum absolute atomic E-state index is 0.255. The van der Waals surface area contributed by atoms with Crippen LogP contribution in [-0.4, -0.2) is 40.6 Å². The van der Waals surface area contributed by atoms with Crippen molar-refractivity contribution in [2.24, 2.45) is 0 Å². The van der Waals surface area contributed by atoms with Crippen LogP contribution in [0.2, 0.25) is 0 Å². The van der Waals surface area contributed by atoms with Crippen LogP contribution in [0.3, 0.4) is 0 Å². The second kappa shape index (κ2) is 8.11. The van der Waals surface area contributed by atoms with Crippen molar-refractivity contribution in [2.45, 2.75) is 38.3 Å². The van der Waals surface area contributed by atoms with E-state index in [0.717, 1.165) is 54.2 Å². The Morgan fingerprint density at radius 2 is 1.89 bits per heavy atom. The highest BCUT2D eigenvalue weighted by molar-refractivity contribution is 5.76. The average molecular weight is 366 g/mol. The van der Waals surface area contributed by atoms with Gasteiger partial charge in [0.2, 0.25) is 0 Å². The van der Waals surface area contributed by atoms with Gasteiger partial charge in [0.1, 0.15) is 24.3 Å². The van der Waals surface area contributed by atoms with Crippen LogP contribution in [0.25, 0.3) is 11.0 Å². The summed E-state index contributed by atoms with van der Waals surface area (Å²) in [7, 11) is 0. The van der Waals surface area contributed by atoms with Crippen LogP contribution in [0.15, 0.2) is 48.5 Å². The smallest absolute Gasteiger partial charge is 0.122 e. The van der Waals surface area contributed by atoms with Crippen molar-refractivity contribution in [1.82, 2.24) is 9.55 Å². The molecular formula is C22H26N2O3. The number of aromatic nitrogens is 2. The van der Waals surface area contributed by atoms with E-state index in [2.05, 4.69) is 10.6 Å². The van der Waals surface area contributed by atoms with Crippen LogP contribution >= 0.6 is 0 Å². The SMILES string of the molecule is Cc1ccccc1OCC(O)Cn1c(C2CCOCC2)nc2ccccc21. The Labute approximate surface area is 159 Å². The maximum Gasteiger partial charge on any atom is 0.122 e. The topological polar surface area (TPSA) is 56.5 Å². The van der Waals surface area contributed by atoms with Crippen LogP contribution in [0.1, 0.15) is 30.1 Å². The van der Waals surface area contributed by atoms with Gasteiger partial charge in [-0.1, -0.05) is 30.3 Å². The van der Waals surface area contributed by atoms with Crippen molar-refractivity contribution in [3.05, 3.63) is 59.9 Å². The summed E-state index contributed by atoms with van der Waals surface area (Å²) in [5, 5.41) is 10.7. The molecule has 0 bridgehead atoms. The van der Waals surface area contributed by atoms with E-state index in [9.17, 15) is 5.11 Å². The largest absolute Gasteiger partial charge is 0.491 e. The lowest BCUT2D eigenvalue weighted by molar-refractivity contribution is 0.0779. The van der Waals surface area contributed by atoms with E-state index in [1.807, 2.05) is 49.4 Å². The van der Waals surface area contributed by atoms with E-state index in [1.165, 1.54) is 0 Å². The van der Waals surface area contributed by atoms with Gasteiger partial charge < -0.3 is 19.1 Å². The Morgan fingerprint density at radius 3 is 2.70 bits per heavy atom. The van der Waals surface area contributed by atoms with E-state index in [4.69, 9.17) is 14.5 Å². The molecule has 1 N–H and O–H groups in total. The Balaban J connectivity index is 1.54.